The summed E-state index contributed by atoms with van der Waals surface area (Å²) in [6, 6.07) is 0. The van der Waals surface area contributed by atoms with E-state index < -0.39 is 77.2 Å². The van der Waals surface area contributed by atoms with E-state index in [1.165, 1.54) is 53.3 Å². The molecule has 10 atom stereocenters. The molecule has 3 unspecified atom stereocenters. The monoisotopic (exact) mass is 759 g/mol. The number of halogens is 2. The summed E-state index contributed by atoms with van der Waals surface area (Å²) in [4.78, 5) is 34.4. The molecule has 0 saturated carbocycles. The fourth-order valence-corrected chi connectivity index (χ4v) is 7.57. The van der Waals surface area contributed by atoms with Gasteiger partial charge in [-0.15, -0.1) is 9.42 Å². The van der Waals surface area contributed by atoms with Crippen LogP contribution < -0.4 is 9.47 Å². The predicted octanol–water partition coefficient (Wildman–Crippen LogP) is 2.64. The highest BCUT2D eigenvalue weighted by molar-refractivity contribution is 8.09. The lowest BCUT2D eigenvalue weighted by Gasteiger charge is -2.26. The molecule has 2 N–H and O–H groups in total. The quantitative estimate of drug-likeness (QED) is 0.124. The number of ether oxygens (including phenoxy) is 4. The van der Waals surface area contributed by atoms with Gasteiger partial charge >= 0.3 is 8.25 Å². The molecular formula is C27H31F2N8O10P2S+. The van der Waals surface area contributed by atoms with Crippen LogP contribution in [0.15, 0.2) is 50.6 Å². The molecule has 2 saturated heterocycles. The van der Waals surface area contributed by atoms with Crippen LogP contribution in [0.2, 0.25) is 0 Å². The van der Waals surface area contributed by atoms with Gasteiger partial charge in [0.15, 0.2) is 59.7 Å². The Bertz CT molecular complexity index is 1920. The normalized spacial score (nSPS) is 28.1. The number of rotatable bonds is 16. The summed E-state index contributed by atoms with van der Waals surface area (Å²) >= 11 is 5.57. The minimum absolute atomic E-state index is 0.124. The highest BCUT2D eigenvalue weighted by atomic mass is 32.5. The van der Waals surface area contributed by atoms with E-state index in [1.807, 2.05) is 0 Å². The number of nitrogens with zero attached hydrogens (tertiary/aromatic N) is 8. The summed E-state index contributed by atoms with van der Waals surface area (Å²) in [5, 5.41) is 10.1. The largest absolute Gasteiger partial charge is 0.695 e. The third kappa shape index (κ3) is 7.29. The van der Waals surface area contributed by atoms with Crippen LogP contribution in [0.3, 0.4) is 0 Å². The molecule has 0 radical (unpaired) electrons. The Labute approximate surface area is 288 Å². The van der Waals surface area contributed by atoms with Crippen LogP contribution in [0.1, 0.15) is 12.5 Å². The van der Waals surface area contributed by atoms with Gasteiger partial charge in [0.2, 0.25) is 11.8 Å². The zero-order valence-electron chi connectivity index (χ0n) is 26.1. The van der Waals surface area contributed by atoms with Crippen LogP contribution in [0.5, 0.6) is 11.8 Å². The van der Waals surface area contributed by atoms with Gasteiger partial charge in [-0.05, 0) is 11.8 Å². The summed E-state index contributed by atoms with van der Waals surface area (Å²) in [6.45, 7) is 4.34. The number of hydrogen-bond acceptors (Lipinski definition) is 16. The molecule has 0 bridgehead atoms. The van der Waals surface area contributed by atoms with Gasteiger partial charge in [-0.2, -0.15) is 9.97 Å². The van der Waals surface area contributed by atoms with E-state index in [1.54, 1.807) is 0 Å². The standard InChI is InChI=1S/C27H30F2N8O10P2S/c1-4-6-41-24-18-22(30-10-32-24)36(12-34-18)26-16(28)20(46-48(39)40)15(45-26)9-43-49(3,50)47-21-14(8-38)44-27(17(21)29)37-13-35-19-23(37)31-11-33-25(19)42-7-5-2/h4-5,10-17,20-21,26-27,38H,1-2,6-9H2,3H3/p+1/t14-,15-,16-,17-,20-,21-,26-,27?,49?/m1/s1. The average Bonchev–Trinajstić information content (AvgIpc) is 3.86. The number of aliphatic hydroxyl groups is 1. The smallest absolute Gasteiger partial charge is 0.472 e. The van der Waals surface area contributed by atoms with Gasteiger partial charge in [-0.25, -0.2) is 28.7 Å². The van der Waals surface area contributed by atoms with Crippen molar-refractivity contribution in [1.29, 1.82) is 0 Å². The van der Waals surface area contributed by atoms with Crippen LogP contribution >= 0.6 is 14.7 Å². The topological polar surface area (TPSA) is 209 Å². The van der Waals surface area contributed by atoms with Crippen molar-refractivity contribution in [1.82, 2.24) is 39.0 Å². The Balaban J connectivity index is 1.17. The van der Waals surface area contributed by atoms with Crippen molar-refractivity contribution >= 4 is 48.9 Å². The molecule has 4 aromatic rings. The van der Waals surface area contributed by atoms with Crippen molar-refractivity contribution in [3.8, 4) is 11.8 Å². The summed E-state index contributed by atoms with van der Waals surface area (Å²) in [6.07, 6.45) is -4.15. The molecule has 6 heterocycles. The third-order valence-electron chi connectivity index (χ3n) is 7.59. The zero-order chi connectivity index (χ0) is 35.6. The first-order valence-corrected chi connectivity index (χ1v) is 19.0. The van der Waals surface area contributed by atoms with Gasteiger partial charge in [-0.3, -0.25) is 9.13 Å². The SMILES string of the molecule is C=CCOc1ncnc2c1ncn2C1O[C@H](CO)[C@@H](OP(C)(=S)OC[C@H]2O[C@@H](n3cnc4c(OCC=C)ncnc43)[C@H](F)[C@@H]2O[P+](=O)O)[C@H]1F. The number of imidazole rings is 2. The molecule has 0 amide bonds. The minimum atomic E-state index is -3.41. The lowest BCUT2D eigenvalue weighted by Crippen LogP contribution is -2.34. The van der Waals surface area contributed by atoms with E-state index in [2.05, 4.69) is 43.1 Å². The second kappa shape index (κ2) is 15.4. The van der Waals surface area contributed by atoms with Gasteiger partial charge < -0.3 is 33.1 Å². The maximum Gasteiger partial charge on any atom is 0.695 e. The van der Waals surface area contributed by atoms with Crippen LogP contribution in [0.4, 0.5) is 8.78 Å². The zero-order valence-corrected chi connectivity index (χ0v) is 28.7. The number of aromatic nitrogens is 8. The highest BCUT2D eigenvalue weighted by Gasteiger charge is 2.53. The predicted molar refractivity (Wildman–Crippen MR) is 172 cm³/mol. The molecule has 2 fully saturated rings. The second-order valence-corrected chi connectivity index (χ2v) is 15.5. The molecule has 4 aromatic heterocycles. The average molecular weight is 760 g/mol. The van der Waals surface area contributed by atoms with Gasteiger partial charge in [0.05, 0.1) is 25.9 Å². The van der Waals surface area contributed by atoms with Crippen molar-refractivity contribution in [3.63, 3.8) is 0 Å². The Morgan fingerprint density at radius 2 is 1.44 bits per heavy atom. The molecule has 0 spiro atoms. The maximum absolute atomic E-state index is 16.1. The molecule has 0 aromatic carbocycles. The molecule has 2 aliphatic rings. The summed E-state index contributed by atoms with van der Waals surface area (Å²) in [5.41, 5.74) is 0.818. The number of aliphatic hydroxyl groups excluding tert-OH is 1. The Hall–Kier alpha value is -3.49. The van der Waals surface area contributed by atoms with Crippen LogP contribution in [0, 0.1) is 0 Å². The highest BCUT2D eigenvalue weighted by Crippen LogP contribution is 2.51. The lowest BCUT2D eigenvalue weighted by molar-refractivity contribution is -0.0477. The van der Waals surface area contributed by atoms with Crippen molar-refractivity contribution in [2.24, 2.45) is 0 Å². The van der Waals surface area contributed by atoms with Crippen LogP contribution in [0.25, 0.3) is 22.3 Å². The molecule has 23 heteroatoms. The van der Waals surface area contributed by atoms with Crippen molar-refractivity contribution in [2.45, 2.75) is 49.2 Å². The van der Waals surface area contributed by atoms with E-state index in [0.717, 1.165) is 0 Å². The summed E-state index contributed by atoms with van der Waals surface area (Å²) < 4.78 is 85.7. The maximum atomic E-state index is 16.1. The van der Waals surface area contributed by atoms with Gasteiger partial charge in [0.25, 0.3) is 0 Å². The number of alkyl halides is 2. The molecule has 0 aliphatic carbocycles. The molecular weight excluding hydrogens is 728 g/mol. The lowest BCUT2D eigenvalue weighted by atomic mass is 10.1. The minimum Gasteiger partial charge on any atom is -0.472 e. The van der Waals surface area contributed by atoms with Crippen molar-refractivity contribution < 1.29 is 55.9 Å². The molecule has 50 heavy (non-hydrogen) atoms. The molecule has 2 aliphatic heterocycles. The molecule has 18 nitrogen and oxygen atoms in total. The fraction of sp³-hybridized carbons (Fsp3) is 0.481. The summed E-state index contributed by atoms with van der Waals surface area (Å²) in [5.74, 6) is 0.280. The summed E-state index contributed by atoms with van der Waals surface area (Å²) in [7, 11) is -3.27. The van der Waals surface area contributed by atoms with Gasteiger partial charge in [0, 0.05) is 11.2 Å². The Morgan fingerprint density at radius 1 is 0.920 bits per heavy atom. The van der Waals surface area contributed by atoms with E-state index in [0.29, 0.717) is 0 Å². The van der Waals surface area contributed by atoms with Crippen molar-refractivity contribution in [3.05, 3.63) is 50.6 Å². The number of fused-ring (bicyclic) bond motifs is 2. The third-order valence-corrected chi connectivity index (χ3v) is 9.83. The van der Waals surface area contributed by atoms with Crippen molar-refractivity contribution in [2.75, 3.05) is 33.1 Å². The van der Waals surface area contributed by atoms with E-state index in [9.17, 15) is 14.6 Å². The van der Waals surface area contributed by atoms with E-state index in [4.69, 9.17) is 44.3 Å². The second-order valence-electron chi connectivity index (χ2n) is 10.9. The first-order valence-electron chi connectivity index (χ1n) is 14.8. The van der Waals surface area contributed by atoms with Crippen LogP contribution in [-0.2, 0) is 39.4 Å². The van der Waals surface area contributed by atoms with Crippen LogP contribution in [-0.4, -0.2) is 119 Å². The van der Waals surface area contributed by atoms with E-state index >= 15 is 8.78 Å². The Kier molecular flexibility index (Phi) is 11.2. The van der Waals surface area contributed by atoms with Gasteiger partial charge in [0.1, 0.15) is 44.2 Å². The first-order chi connectivity index (χ1) is 24.1. The Morgan fingerprint density at radius 3 is 1.94 bits per heavy atom. The fourth-order valence-electron chi connectivity index (χ4n) is 5.45. The first kappa shape index (κ1) is 36.3. The molecule has 6 rings (SSSR count). The molecule has 268 valence electrons. The van der Waals surface area contributed by atoms with Gasteiger partial charge in [-0.1, -0.05) is 25.3 Å². The number of hydrogen-bond donors (Lipinski definition) is 2. The van der Waals surface area contributed by atoms with E-state index in [-0.39, 0.29) is 47.3 Å².